The van der Waals surface area contributed by atoms with Gasteiger partial charge in [0.2, 0.25) is 0 Å². The molecular weight excluding hydrogens is 312 g/mol. The van der Waals surface area contributed by atoms with Crippen molar-refractivity contribution in [3.05, 3.63) is 83.6 Å². The van der Waals surface area contributed by atoms with Gasteiger partial charge in [-0.15, -0.1) is 0 Å². The zero-order chi connectivity index (χ0) is 17.6. The number of nitrogens with one attached hydrogen (secondary N) is 1. The van der Waals surface area contributed by atoms with Crippen LogP contribution in [0.1, 0.15) is 28.4 Å². The molecule has 0 fully saturated rings. The predicted octanol–water partition coefficient (Wildman–Crippen LogP) is 3.95. The number of benzene rings is 2. The van der Waals surface area contributed by atoms with E-state index in [9.17, 15) is 9.90 Å². The molecule has 3 aromatic rings. The van der Waals surface area contributed by atoms with Gasteiger partial charge in [0.15, 0.2) is 0 Å². The Labute approximate surface area is 147 Å². The van der Waals surface area contributed by atoms with Crippen LogP contribution in [0, 0.1) is 0 Å². The number of aromatic nitrogens is 1. The summed E-state index contributed by atoms with van der Waals surface area (Å²) in [5, 5.41) is 12.8. The zero-order valence-electron chi connectivity index (χ0n) is 14.1. The third-order valence-electron chi connectivity index (χ3n) is 4.06. The van der Waals surface area contributed by atoms with Crippen molar-refractivity contribution in [1.82, 2.24) is 10.3 Å². The maximum Gasteiger partial charge on any atom is 0.251 e. The van der Waals surface area contributed by atoms with Crippen molar-refractivity contribution in [2.24, 2.45) is 0 Å². The maximum atomic E-state index is 12.3. The van der Waals surface area contributed by atoms with Crippen molar-refractivity contribution in [2.75, 3.05) is 0 Å². The molecule has 0 aliphatic heterocycles. The minimum atomic E-state index is -0.126. The van der Waals surface area contributed by atoms with E-state index < -0.39 is 0 Å². The molecule has 0 saturated heterocycles. The molecule has 0 radical (unpaired) electrons. The molecule has 1 aromatic heterocycles. The number of aryl methyl sites for hydroxylation is 1. The molecule has 2 aromatic carbocycles. The van der Waals surface area contributed by atoms with Gasteiger partial charge in [-0.3, -0.25) is 9.78 Å². The lowest BCUT2D eigenvalue weighted by Crippen LogP contribution is -2.22. The first-order valence-electron chi connectivity index (χ1n) is 8.28. The van der Waals surface area contributed by atoms with E-state index >= 15 is 0 Å². The molecule has 0 atom stereocenters. The molecule has 0 bridgehead atoms. The lowest BCUT2D eigenvalue weighted by molar-refractivity contribution is 0.0951. The van der Waals surface area contributed by atoms with Crippen LogP contribution in [0.4, 0.5) is 0 Å². The number of carbonyl (C=O) groups is 1. The van der Waals surface area contributed by atoms with Crippen molar-refractivity contribution in [3.8, 4) is 17.0 Å². The standard InChI is InChI=1S/C21H20N2O2/c1-2-15-5-3-6-16(13-15)14-23-21(25)18-10-8-17(9-11-18)20-19(24)7-4-12-22-20/h3-13,24H,2,14H2,1H3,(H,23,25). The van der Waals surface area contributed by atoms with Gasteiger partial charge in [0.1, 0.15) is 11.4 Å². The van der Waals surface area contributed by atoms with Crippen molar-refractivity contribution in [2.45, 2.75) is 19.9 Å². The molecule has 0 aliphatic carbocycles. The van der Waals surface area contributed by atoms with E-state index in [4.69, 9.17) is 0 Å². The van der Waals surface area contributed by atoms with E-state index in [0.717, 1.165) is 17.5 Å². The van der Waals surface area contributed by atoms with Gasteiger partial charge in [-0.2, -0.15) is 0 Å². The molecule has 0 unspecified atom stereocenters. The molecule has 1 heterocycles. The molecule has 126 valence electrons. The first-order valence-corrected chi connectivity index (χ1v) is 8.28. The van der Waals surface area contributed by atoms with Crippen LogP contribution in [0.2, 0.25) is 0 Å². The van der Waals surface area contributed by atoms with E-state index in [1.54, 1.807) is 42.6 Å². The molecule has 25 heavy (non-hydrogen) atoms. The van der Waals surface area contributed by atoms with Crippen LogP contribution in [-0.4, -0.2) is 16.0 Å². The fraction of sp³-hybridized carbons (Fsp3) is 0.143. The summed E-state index contributed by atoms with van der Waals surface area (Å²) in [7, 11) is 0. The summed E-state index contributed by atoms with van der Waals surface area (Å²) < 4.78 is 0. The summed E-state index contributed by atoms with van der Waals surface area (Å²) in [5.41, 5.74) is 4.19. The zero-order valence-corrected chi connectivity index (χ0v) is 14.1. The Morgan fingerprint density at radius 3 is 2.52 bits per heavy atom. The fourth-order valence-corrected chi connectivity index (χ4v) is 2.64. The third-order valence-corrected chi connectivity index (χ3v) is 4.06. The molecule has 0 spiro atoms. The Morgan fingerprint density at radius 2 is 1.80 bits per heavy atom. The normalized spacial score (nSPS) is 10.4. The van der Waals surface area contributed by atoms with Crippen molar-refractivity contribution < 1.29 is 9.90 Å². The van der Waals surface area contributed by atoms with Crippen LogP contribution in [0.5, 0.6) is 5.75 Å². The van der Waals surface area contributed by atoms with Gasteiger partial charge in [0.05, 0.1) is 0 Å². The van der Waals surface area contributed by atoms with Gasteiger partial charge in [0, 0.05) is 23.9 Å². The summed E-state index contributed by atoms with van der Waals surface area (Å²) >= 11 is 0. The number of rotatable bonds is 5. The van der Waals surface area contributed by atoms with Gasteiger partial charge in [-0.05, 0) is 41.8 Å². The summed E-state index contributed by atoms with van der Waals surface area (Å²) in [5.74, 6) is -0.00537. The highest BCUT2D eigenvalue weighted by Gasteiger charge is 2.08. The number of aromatic hydroxyl groups is 1. The number of carbonyl (C=O) groups excluding carboxylic acids is 1. The monoisotopic (exact) mass is 332 g/mol. The van der Waals surface area contributed by atoms with E-state index in [0.29, 0.717) is 17.8 Å². The molecule has 1 amide bonds. The average Bonchev–Trinajstić information content (AvgIpc) is 2.67. The molecule has 4 nitrogen and oxygen atoms in total. The topological polar surface area (TPSA) is 62.2 Å². The Bertz CT molecular complexity index is 873. The van der Waals surface area contributed by atoms with Crippen molar-refractivity contribution in [3.63, 3.8) is 0 Å². The second kappa shape index (κ2) is 7.62. The van der Waals surface area contributed by atoms with E-state index in [1.807, 2.05) is 12.1 Å². The number of amides is 1. The van der Waals surface area contributed by atoms with E-state index in [-0.39, 0.29) is 11.7 Å². The number of nitrogens with zero attached hydrogens (tertiary/aromatic N) is 1. The SMILES string of the molecule is CCc1cccc(CNC(=O)c2ccc(-c3ncccc3O)cc2)c1. The largest absolute Gasteiger partial charge is 0.506 e. The smallest absolute Gasteiger partial charge is 0.251 e. The third kappa shape index (κ3) is 4.04. The van der Waals surface area contributed by atoms with Gasteiger partial charge >= 0.3 is 0 Å². The van der Waals surface area contributed by atoms with Crippen LogP contribution < -0.4 is 5.32 Å². The molecule has 0 saturated carbocycles. The van der Waals surface area contributed by atoms with Gasteiger partial charge in [-0.1, -0.05) is 43.3 Å². The Hall–Kier alpha value is -3.14. The summed E-state index contributed by atoms with van der Waals surface area (Å²) in [4.78, 5) is 16.5. The maximum absolute atomic E-state index is 12.3. The van der Waals surface area contributed by atoms with E-state index in [1.165, 1.54) is 5.56 Å². The van der Waals surface area contributed by atoms with Gasteiger partial charge in [0.25, 0.3) is 5.91 Å². The van der Waals surface area contributed by atoms with E-state index in [2.05, 4.69) is 29.4 Å². The van der Waals surface area contributed by atoms with Crippen LogP contribution in [0.15, 0.2) is 66.9 Å². The van der Waals surface area contributed by atoms with Crippen LogP contribution in [-0.2, 0) is 13.0 Å². The second-order valence-electron chi connectivity index (χ2n) is 5.80. The number of hydrogen-bond donors (Lipinski definition) is 2. The van der Waals surface area contributed by atoms with Gasteiger partial charge in [-0.25, -0.2) is 0 Å². The fourth-order valence-electron chi connectivity index (χ4n) is 2.64. The molecule has 4 heteroatoms. The van der Waals surface area contributed by atoms with Crippen LogP contribution in [0.3, 0.4) is 0 Å². The highest BCUT2D eigenvalue weighted by atomic mass is 16.3. The van der Waals surface area contributed by atoms with Gasteiger partial charge < -0.3 is 10.4 Å². The quantitative estimate of drug-likeness (QED) is 0.744. The first-order chi connectivity index (χ1) is 12.2. The predicted molar refractivity (Wildman–Crippen MR) is 98.3 cm³/mol. The first kappa shape index (κ1) is 16.7. The Kier molecular flexibility index (Phi) is 5.09. The molecule has 3 rings (SSSR count). The Balaban J connectivity index is 1.67. The second-order valence-corrected chi connectivity index (χ2v) is 5.80. The van der Waals surface area contributed by atoms with Crippen molar-refractivity contribution >= 4 is 5.91 Å². The van der Waals surface area contributed by atoms with Crippen molar-refractivity contribution in [1.29, 1.82) is 0 Å². The molecule has 2 N–H and O–H groups in total. The summed E-state index contributed by atoms with van der Waals surface area (Å²) in [6, 6.07) is 18.5. The number of hydrogen-bond acceptors (Lipinski definition) is 3. The Morgan fingerprint density at radius 1 is 1.04 bits per heavy atom. The lowest BCUT2D eigenvalue weighted by Gasteiger charge is -2.08. The number of pyridine rings is 1. The minimum Gasteiger partial charge on any atom is -0.506 e. The average molecular weight is 332 g/mol. The summed E-state index contributed by atoms with van der Waals surface area (Å²) in [6.45, 7) is 2.61. The highest BCUT2D eigenvalue weighted by Crippen LogP contribution is 2.26. The highest BCUT2D eigenvalue weighted by molar-refractivity contribution is 5.94. The molecule has 0 aliphatic rings. The lowest BCUT2D eigenvalue weighted by atomic mass is 10.1. The molecular formula is C21H20N2O2. The van der Waals surface area contributed by atoms with Crippen LogP contribution in [0.25, 0.3) is 11.3 Å². The summed E-state index contributed by atoms with van der Waals surface area (Å²) in [6.07, 6.45) is 2.60. The minimum absolute atomic E-state index is 0.121. The van der Waals surface area contributed by atoms with Crippen LogP contribution >= 0.6 is 0 Å².